The molecular formula is C13H10F2N2O2. The molecule has 0 spiro atoms. The normalized spacial score (nSPS) is 10.2. The lowest BCUT2D eigenvalue weighted by Crippen LogP contribution is -2.15. The van der Waals surface area contributed by atoms with Gasteiger partial charge in [0.2, 0.25) is 0 Å². The number of rotatable bonds is 2. The fourth-order valence-electron chi connectivity index (χ4n) is 1.56. The maximum absolute atomic E-state index is 13.5. The Kier molecular flexibility index (Phi) is 3.33. The van der Waals surface area contributed by atoms with Crippen molar-refractivity contribution in [2.75, 3.05) is 11.1 Å². The van der Waals surface area contributed by atoms with Crippen molar-refractivity contribution in [3.63, 3.8) is 0 Å². The van der Waals surface area contributed by atoms with E-state index >= 15 is 0 Å². The molecule has 4 nitrogen and oxygen atoms in total. The second-order valence-electron chi connectivity index (χ2n) is 3.82. The van der Waals surface area contributed by atoms with E-state index < -0.39 is 28.9 Å². The van der Waals surface area contributed by atoms with E-state index in [1.807, 2.05) is 0 Å². The molecule has 0 heterocycles. The highest BCUT2D eigenvalue weighted by Gasteiger charge is 2.17. The van der Waals surface area contributed by atoms with Crippen molar-refractivity contribution in [3.05, 3.63) is 53.6 Å². The van der Waals surface area contributed by atoms with Crippen LogP contribution in [0.2, 0.25) is 0 Å². The molecule has 0 fully saturated rings. The first-order valence-electron chi connectivity index (χ1n) is 5.33. The third-order valence-electron chi connectivity index (χ3n) is 2.48. The highest BCUT2D eigenvalue weighted by molar-refractivity contribution is 6.07. The number of nitrogens with one attached hydrogen (secondary N) is 1. The molecule has 0 bridgehead atoms. The van der Waals surface area contributed by atoms with Crippen molar-refractivity contribution in [1.29, 1.82) is 0 Å². The third-order valence-corrected chi connectivity index (χ3v) is 2.48. The summed E-state index contributed by atoms with van der Waals surface area (Å²) >= 11 is 0. The van der Waals surface area contributed by atoms with Crippen molar-refractivity contribution in [1.82, 2.24) is 0 Å². The lowest BCUT2D eigenvalue weighted by atomic mass is 10.1. The minimum absolute atomic E-state index is 0.00709. The summed E-state index contributed by atoms with van der Waals surface area (Å²) in [4.78, 5) is 11.8. The summed E-state index contributed by atoms with van der Waals surface area (Å²) in [6, 6.07) is 6.87. The molecule has 4 N–H and O–H groups in total. The number of phenols is 1. The van der Waals surface area contributed by atoms with Crippen molar-refractivity contribution in [2.45, 2.75) is 0 Å². The van der Waals surface area contributed by atoms with Gasteiger partial charge in [0, 0.05) is 0 Å². The number of phenolic OH excluding ortho intramolecular Hbond substituents is 1. The number of halogens is 2. The zero-order chi connectivity index (χ0) is 14.0. The van der Waals surface area contributed by atoms with Crippen LogP contribution in [0.25, 0.3) is 0 Å². The molecule has 6 heteroatoms. The van der Waals surface area contributed by atoms with Crippen LogP contribution in [0.4, 0.5) is 20.2 Å². The minimum atomic E-state index is -0.909. The number of benzene rings is 2. The molecule has 2 rings (SSSR count). The number of carbonyl (C=O) groups excluding carboxylic acids is 1. The van der Waals surface area contributed by atoms with Crippen molar-refractivity contribution < 1.29 is 18.7 Å². The van der Waals surface area contributed by atoms with Crippen LogP contribution in [0.5, 0.6) is 5.75 Å². The van der Waals surface area contributed by atoms with Gasteiger partial charge in [-0.05, 0) is 30.3 Å². The van der Waals surface area contributed by atoms with Gasteiger partial charge in [-0.15, -0.1) is 0 Å². The van der Waals surface area contributed by atoms with Gasteiger partial charge in [0.25, 0.3) is 5.91 Å². The van der Waals surface area contributed by atoms with Crippen LogP contribution in [-0.4, -0.2) is 11.0 Å². The van der Waals surface area contributed by atoms with Gasteiger partial charge < -0.3 is 16.2 Å². The number of nitrogen functional groups attached to an aromatic ring is 1. The standard InChI is InChI=1S/C13H10F2N2O2/c14-7-4-5-9(16)10(6-7)17-13(19)12-8(15)2-1-3-11(12)18/h1-6,18H,16H2,(H,17,19). The van der Waals surface area contributed by atoms with E-state index in [9.17, 15) is 18.7 Å². The molecule has 0 unspecified atom stereocenters. The van der Waals surface area contributed by atoms with Gasteiger partial charge in [-0.2, -0.15) is 0 Å². The Morgan fingerprint density at radius 1 is 1.21 bits per heavy atom. The first kappa shape index (κ1) is 12.8. The van der Waals surface area contributed by atoms with E-state index in [1.165, 1.54) is 18.2 Å². The summed E-state index contributed by atoms with van der Waals surface area (Å²) < 4.78 is 26.5. The topological polar surface area (TPSA) is 75.3 Å². The van der Waals surface area contributed by atoms with Crippen LogP contribution in [0, 0.1) is 11.6 Å². The maximum Gasteiger partial charge on any atom is 0.262 e. The van der Waals surface area contributed by atoms with Gasteiger partial charge in [-0.1, -0.05) is 6.07 Å². The number of hydrogen-bond acceptors (Lipinski definition) is 3. The molecule has 0 aliphatic rings. The Morgan fingerprint density at radius 3 is 2.63 bits per heavy atom. The number of anilines is 2. The molecule has 0 atom stereocenters. The van der Waals surface area contributed by atoms with E-state index in [-0.39, 0.29) is 11.4 Å². The van der Waals surface area contributed by atoms with E-state index in [1.54, 1.807) is 0 Å². The maximum atomic E-state index is 13.5. The van der Waals surface area contributed by atoms with Gasteiger partial charge >= 0.3 is 0 Å². The van der Waals surface area contributed by atoms with E-state index in [0.717, 1.165) is 18.2 Å². The Morgan fingerprint density at radius 2 is 1.95 bits per heavy atom. The zero-order valence-electron chi connectivity index (χ0n) is 9.65. The Labute approximate surface area is 107 Å². The van der Waals surface area contributed by atoms with Crippen LogP contribution in [-0.2, 0) is 0 Å². The van der Waals surface area contributed by atoms with Gasteiger partial charge in [-0.3, -0.25) is 4.79 Å². The average Bonchev–Trinajstić information content (AvgIpc) is 2.33. The van der Waals surface area contributed by atoms with Crippen LogP contribution in [0.1, 0.15) is 10.4 Å². The van der Waals surface area contributed by atoms with Gasteiger partial charge in [-0.25, -0.2) is 8.78 Å². The van der Waals surface area contributed by atoms with Crippen LogP contribution in [0.3, 0.4) is 0 Å². The predicted octanol–water partition coefficient (Wildman–Crippen LogP) is 2.50. The molecule has 1 amide bonds. The van der Waals surface area contributed by atoms with Gasteiger partial charge in [0.15, 0.2) is 0 Å². The Bertz CT molecular complexity index is 624. The Hall–Kier alpha value is -2.63. The third kappa shape index (κ3) is 2.62. The van der Waals surface area contributed by atoms with Gasteiger partial charge in [0.05, 0.1) is 11.4 Å². The molecular weight excluding hydrogens is 254 g/mol. The fourth-order valence-corrected chi connectivity index (χ4v) is 1.56. The van der Waals surface area contributed by atoms with E-state index in [0.29, 0.717) is 0 Å². The number of carbonyl (C=O) groups is 1. The van der Waals surface area contributed by atoms with Crippen molar-refractivity contribution in [2.24, 2.45) is 0 Å². The molecule has 0 aromatic heterocycles. The molecule has 0 aliphatic heterocycles. The summed E-state index contributed by atoms with van der Waals surface area (Å²) in [5, 5.41) is 11.7. The highest BCUT2D eigenvalue weighted by Crippen LogP contribution is 2.24. The number of hydrogen-bond donors (Lipinski definition) is 3. The molecule has 0 saturated carbocycles. The lowest BCUT2D eigenvalue weighted by molar-refractivity contribution is 0.102. The molecule has 98 valence electrons. The molecule has 19 heavy (non-hydrogen) atoms. The highest BCUT2D eigenvalue weighted by atomic mass is 19.1. The minimum Gasteiger partial charge on any atom is -0.507 e. The van der Waals surface area contributed by atoms with E-state index in [4.69, 9.17) is 5.73 Å². The first-order chi connectivity index (χ1) is 8.99. The smallest absolute Gasteiger partial charge is 0.262 e. The SMILES string of the molecule is Nc1ccc(F)cc1NC(=O)c1c(O)cccc1F. The molecule has 0 saturated heterocycles. The van der Waals surface area contributed by atoms with Crippen LogP contribution in [0.15, 0.2) is 36.4 Å². The largest absolute Gasteiger partial charge is 0.507 e. The Balaban J connectivity index is 2.34. The summed E-state index contributed by atoms with van der Waals surface area (Å²) in [6.07, 6.45) is 0. The lowest BCUT2D eigenvalue weighted by Gasteiger charge is -2.09. The molecule has 0 aliphatic carbocycles. The summed E-state index contributed by atoms with van der Waals surface area (Å²) in [5.41, 5.74) is 5.17. The van der Waals surface area contributed by atoms with Gasteiger partial charge in [0.1, 0.15) is 22.9 Å². The van der Waals surface area contributed by atoms with E-state index in [2.05, 4.69) is 5.32 Å². The number of aromatic hydroxyl groups is 1. The fraction of sp³-hybridized carbons (Fsp3) is 0. The molecule has 2 aromatic carbocycles. The second-order valence-corrected chi connectivity index (χ2v) is 3.82. The van der Waals surface area contributed by atoms with Crippen molar-refractivity contribution >= 4 is 17.3 Å². The van der Waals surface area contributed by atoms with Crippen LogP contribution >= 0.6 is 0 Å². The molecule has 0 radical (unpaired) electrons. The quantitative estimate of drug-likeness (QED) is 0.729. The zero-order valence-corrected chi connectivity index (χ0v) is 9.65. The molecule has 2 aromatic rings. The second kappa shape index (κ2) is 4.93. The summed E-state index contributed by atoms with van der Waals surface area (Å²) in [5.74, 6) is -2.89. The number of amides is 1. The van der Waals surface area contributed by atoms with Crippen molar-refractivity contribution in [3.8, 4) is 5.75 Å². The first-order valence-corrected chi connectivity index (χ1v) is 5.33. The number of nitrogens with two attached hydrogens (primary N) is 1. The monoisotopic (exact) mass is 264 g/mol. The summed E-state index contributed by atoms with van der Waals surface area (Å²) in [7, 11) is 0. The van der Waals surface area contributed by atoms with Crippen LogP contribution < -0.4 is 11.1 Å². The summed E-state index contributed by atoms with van der Waals surface area (Å²) in [6.45, 7) is 0. The average molecular weight is 264 g/mol. The predicted molar refractivity (Wildman–Crippen MR) is 66.8 cm³/mol.